The van der Waals surface area contributed by atoms with E-state index in [1.807, 2.05) is 18.7 Å². The number of methoxy groups -OCH3 is 1. The highest BCUT2D eigenvalue weighted by molar-refractivity contribution is 7.92. The molecule has 1 saturated heterocycles. The van der Waals surface area contributed by atoms with Gasteiger partial charge in [-0.3, -0.25) is 18.2 Å². The highest BCUT2D eigenvalue weighted by Gasteiger charge is 2.37. The lowest BCUT2D eigenvalue weighted by Gasteiger charge is -2.32. The number of carbonyl (C=O) groups is 2. The highest BCUT2D eigenvalue weighted by Crippen LogP contribution is 2.37. The zero-order valence-electron chi connectivity index (χ0n) is 50.3. The molecule has 0 bridgehead atoms. The number of rotatable bonds is 20. The van der Waals surface area contributed by atoms with Crippen molar-refractivity contribution in [3.8, 4) is 5.75 Å². The van der Waals surface area contributed by atoms with Crippen molar-refractivity contribution in [2.24, 2.45) is 0 Å². The second-order valence-corrected chi connectivity index (χ2v) is 26.0. The van der Waals surface area contributed by atoms with E-state index in [2.05, 4.69) is 46.5 Å². The standard InChI is InChI=1S/C31H38F3N5O3S.C29H35F4N7O4S.CH4/c1-5-21-18-23(29(40)36-24-9-7-6-8-10-24)14-15-26(21)37-30-35-19-25(31(32,33)34)27(38-30)16-13-22-12-11-20(2)17-28(22)39(3)43(4,41)42;1-17-6-7-19(24(12-17)40(3)45(5,42)43)14-34-26-20(29(31,32)33)15-35-28(38-26)37-23-9-8-18(13-25(23)44-4)27(41)36-22-10-11-39(2)16-21(22)30;/h11-12,14-15,17-19,24H,5-10,13,16H2,1-4H3,(H,36,40)(H,35,37,38);6-9,12-13,15,21-22H,10-11,14,16H2,1-5H3,(H,36,41)(H2,34,35,37,38);1H4/t;21-,22-;/m.1./s1. The van der Waals surface area contributed by atoms with Crippen LogP contribution >= 0.6 is 0 Å². The number of piperidine rings is 1. The Morgan fingerprint density at radius 3 is 1.80 bits per heavy atom. The van der Waals surface area contributed by atoms with Crippen LogP contribution in [0.3, 0.4) is 0 Å². The summed E-state index contributed by atoms with van der Waals surface area (Å²) in [5, 5.41) is 14.3. The maximum Gasteiger partial charge on any atom is 0.421 e. The number of nitrogens with zero attached hydrogens (tertiary/aromatic N) is 7. The van der Waals surface area contributed by atoms with E-state index in [-0.39, 0.29) is 79.9 Å². The Hall–Kier alpha value is -7.85. The van der Waals surface area contributed by atoms with Crippen LogP contribution in [-0.2, 0) is 58.2 Å². The number of alkyl halides is 7. The van der Waals surface area contributed by atoms with Gasteiger partial charge in [0.2, 0.25) is 31.9 Å². The van der Waals surface area contributed by atoms with Crippen molar-refractivity contribution in [3.63, 3.8) is 0 Å². The van der Waals surface area contributed by atoms with Gasteiger partial charge in [-0.2, -0.15) is 31.3 Å². The Morgan fingerprint density at radius 1 is 0.685 bits per heavy atom. The predicted octanol–water partition coefficient (Wildman–Crippen LogP) is 11.3. The van der Waals surface area contributed by atoms with Crippen molar-refractivity contribution < 1.29 is 61.9 Å². The van der Waals surface area contributed by atoms with Crippen LogP contribution in [0.25, 0.3) is 0 Å². The van der Waals surface area contributed by atoms with E-state index >= 15 is 0 Å². The van der Waals surface area contributed by atoms with Gasteiger partial charge < -0.3 is 36.2 Å². The van der Waals surface area contributed by atoms with Gasteiger partial charge in [0.15, 0.2) is 0 Å². The zero-order chi connectivity index (χ0) is 64.5. The molecule has 19 nitrogen and oxygen atoms in total. The van der Waals surface area contributed by atoms with E-state index < -0.39 is 67.5 Å². The minimum Gasteiger partial charge on any atom is -0.495 e. The molecule has 1 saturated carbocycles. The van der Waals surface area contributed by atoms with Gasteiger partial charge in [-0.1, -0.05) is 57.9 Å². The molecule has 28 heteroatoms. The Labute approximate surface area is 515 Å². The van der Waals surface area contributed by atoms with Gasteiger partial charge in [0, 0.05) is 69.0 Å². The predicted molar refractivity (Wildman–Crippen MR) is 332 cm³/mol. The molecule has 1 aliphatic heterocycles. The number of benzene rings is 4. The molecule has 8 rings (SSSR count). The van der Waals surface area contributed by atoms with E-state index in [1.165, 1.54) is 45.8 Å². The van der Waals surface area contributed by atoms with Crippen molar-refractivity contribution in [1.82, 2.24) is 35.5 Å². The SMILES string of the molecule is C.CCc1cc(C(=O)NC2CCCCC2)ccc1Nc1ncc(C(F)(F)F)c(CCc2ccc(C)cc2N(C)S(C)(=O)=O)n1.COc1cc(C(=O)N[C@@H]2CCN(C)C[C@H]2F)ccc1Nc1ncc(C(F)(F)F)c(NCc2ccc(C)cc2N(C)S(C)(=O)=O)n1. The van der Waals surface area contributed by atoms with Crippen molar-refractivity contribution >= 4 is 72.3 Å². The van der Waals surface area contributed by atoms with E-state index in [4.69, 9.17) is 4.74 Å². The third-order valence-corrected chi connectivity index (χ3v) is 17.6. The Balaban J connectivity index is 0.000000281. The number of amides is 2. The molecule has 2 amide bonds. The maximum absolute atomic E-state index is 14.4. The number of ether oxygens (including phenoxy) is 1. The minimum absolute atomic E-state index is 0. The van der Waals surface area contributed by atoms with Crippen molar-refractivity contribution in [1.29, 1.82) is 0 Å². The molecule has 89 heavy (non-hydrogen) atoms. The monoisotopic (exact) mass is 1290 g/mol. The lowest BCUT2D eigenvalue weighted by molar-refractivity contribution is -0.139. The number of carbonyl (C=O) groups excluding carboxylic acids is 2. The summed E-state index contributed by atoms with van der Waals surface area (Å²) < 4.78 is 154. The molecule has 484 valence electrons. The van der Waals surface area contributed by atoms with Crippen LogP contribution in [0.4, 0.5) is 71.2 Å². The Kier molecular flexibility index (Phi) is 23.4. The van der Waals surface area contributed by atoms with Crippen LogP contribution in [0.2, 0.25) is 0 Å². The topological polar surface area (TPSA) is 233 Å². The molecule has 4 aromatic carbocycles. The molecule has 1 aliphatic carbocycles. The number of likely N-dealkylation sites (tertiary alicyclic amines) is 1. The van der Waals surface area contributed by atoms with Gasteiger partial charge in [0.1, 0.15) is 23.3 Å². The quantitative estimate of drug-likeness (QED) is 0.0447. The summed E-state index contributed by atoms with van der Waals surface area (Å²) in [5.74, 6) is -1.21. The van der Waals surface area contributed by atoms with Crippen LogP contribution in [0.1, 0.15) is 118 Å². The van der Waals surface area contributed by atoms with Crippen LogP contribution in [0.5, 0.6) is 5.75 Å². The molecule has 0 unspecified atom stereocenters. The summed E-state index contributed by atoms with van der Waals surface area (Å²) in [5.41, 5.74) is 3.39. The second-order valence-electron chi connectivity index (χ2n) is 21.9. The third kappa shape index (κ3) is 18.8. The van der Waals surface area contributed by atoms with Gasteiger partial charge in [-0.25, -0.2) is 36.2 Å². The van der Waals surface area contributed by atoms with E-state index in [9.17, 15) is 57.2 Å². The maximum atomic E-state index is 14.4. The van der Waals surface area contributed by atoms with Crippen LogP contribution < -0.4 is 39.9 Å². The number of hydrogen-bond acceptors (Lipinski definition) is 15. The Morgan fingerprint density at radius 2 is 1.22 bits per heavy atom. The molecule has 2 atom stereocenters. The number of halogens is 7. The molecule has 0 radical (unpaired) electrons. The van der Waals surface area contributed by atoms with E-state index in [1.54, 1.807) is 68.6 Å². The van der Waals surface area contributed by atoms with Crippen molar-refractivity contribution in [2.45, 2.75) is 123 Å². The normalized spacial score (nSPS) is 15.8. The second kappa shape index (κ2) is 29.6. The molecule has 6 aromatic rings. The fourth-order valence-electron chi connectivity index (χ4n) is 10.1. The Bertz CT molecular complexity index is 3710. The largest absolute Gasteiger partial charge is 0.495 e. The first-order chi connectivity index (χ1) is 41.3. The number of nitrogens with one attached hydrogen (secondary N) is 5. The number of sulfonamides is 2. The van der Waals surface area contributed by atoms with E-state index in [0.717, 1.165) is 69.7 Å². The zero-order valence-corrected chi connectivity index (χ0v) is 51.9. The summed E-state index contributed by atoms with van der Waals surface area (Å²) in [7, 11) is -1.29. The molecule has 3 heterocycles. The van der Waals surface area contributed by atoms with Crippen LogP contribution in [0, 0.1) is 13.8 Å². The van der Waals surface area contributed by atoms with Gasteiger partial charge in [-0.05, 0) is 136 Å². The minimum atomic E-state index is -4.79. The first-order valence-corrected chi connectivity index (χ1v) is 32.0. The summed E-state index contributed by atoms with van der Waals surface area (Å²) in [6.45, 7) is 6.18. The summed E-state index contributed by atoms with van der Waals surface area (Å²) in [6, 6.07) is 19.2. The fraction of sp³-hybridized carbons (Fsp3) is 0.443. The summed E-state index contributed by atoms with van der Waals surface area (Å²) in [4.78, 5) is 43.6. The lowest BCUT2D eigenvalue weighted by Crippen LogP contribution is -2.51. The first kappa shape index (κ1) is 70.2. The molecular weight excluding hydrogens is 1210 g/mol. The van der Waals surface area contributed by atoms with Crippen molar-refractivity contribution in [2.75, 3.05) is 78.4 Å². The summed E-state index contributed by atoms with van der Waals surface area (Å²) >= 11 is 0. The van der Waals surface area contributed by atoms with Gasteiger partial charge >= 0.3 is 12.4 Å². The number of aryl methyl sites for hydroxylation is 5. The number of aromatic nitrogens is 4. The molecular formula is C61H77F7N12O7S2. The average molecular weight is 1290 g/mol. The highest BCUT2D eigenvalue weighted by atomic mass is 32.2. The van der Waals surface area contributed by atoms with Crippen molar-refractivity contribution in [3.05, 3.63) is 141 Å². The number of anilines is 7. The third-order valence-electron chi connectivity index (χ3n) is 15.2. The molecule has 2 aromatic heterocycles. The molecule has 2 fully saturated rings. The lowest BCUT2D eigenvalue weighted by atomic mass is 9.95. The number of hydrogen-bond donors (Lipinski definition) is 5. The fourth-order valence-corrected chi connectivity index (χ4v) is 11.1. The van der Waals surface area contributed by atoms with E-state index in [0.29, 0.717) is 59.3 Å². The van der Waals surface area contributed by atoms with Crippen LogP contribution in [-0.4, -0.2) is 126 Å². The first-order valence-electron chi connectivity index (χ1n) is 28.3. The molecule has 0 spiro atoms. The van der Waals surface area contributed by atoms with Gasteiger partial charge in [0.25, 0.3) is 11.8 Å². The smallest absolute Gasteiger partial charge is 0.421 e. The molecule has 2 aliphatic rings. The van der Waals surface area contributed by atoms with Crippen LogP contribution in [0.15, 0.2) is 85.2 Å². The molecule has 5 N–H and O–H groups in total. The average Bonchev–Trinajstić information content (AvgIpc) is 1.61. The van der Waals surface area contributed by atoms with Gasteiger partial charge in [-0.15, -0.1) is 0 Å². The van der Waals surface area contributed by atoms with Gasteiger partial charge in [0.05, 0.1) is 54.0 Å². The summed E-state index contributed by atoms with van der Waals surface area (Å²) in [6.07, 6.45) is -0.787.